The zero-order chi connectivity index (χ0) is 18.6. The zero-order valence-corrected chi connectivity index (χ0v) is 15.2. The fraction of sp³-hybridized carbons (Fsp3) is 0.400. The standard InChI is InChI=1S/C20H24FN5O/c21-17-6-2-1-5-16(17)18-12-20(26-19(24-18)7-8-23-26)22-13-15-4-3-9-25(14-15)10-11-27/h1-2,5-8,12,15,22,27H,3-4,9-11,13-14H2/t15-/m1/s1. The number of hydrogen-bond donors (Lipinski definition) is 2. The highest BCUT2D eigenvalue weighted by Gasteiger charge is 2.20. The summed E-state index contributed by atoms with van der Waals surface area (Å²) in [6.45, 7) is 3.75. The van der Waals surface area contributed by atoms with Crippen LogP contribution in [-0.4, -0.2) is 57.4 Å². The molecule has 2 N–H and O–H groups in total. The van der Waals surface area contributed by atoms with Crippen molar-refractivity contribution in [2.45, 2.75) is 12.8 Å². The first-order valence-corrected chi connectivity index (χ1v) is 9.41. The van der Waals surface area contributed by atoms with Crippen molar-refractivity contribution in [3.63, 3.8) is 0 Å². The minimum Gasteiger partial charge on any atom is -0.395 e. The number of likely N-dealkylation sites (tertiary alicyclic amines) is 1. The Balaban J connectivity index is 1.56. The second kappa shape index (κ2) is 8.02. The molecule has 1 atom stereocenters. The number of aliphatic hydroxyl groups is 1. The fourth-order valence-corrected chi connectivity index (χ4v) is 3.76. The van der Waals surface area contributed by atoms with E-state index in [1.165, 1.54) is 6.07 Å². The summed E-state index contributed by atoms with van der Waals surface area (Å²) in [7, 11) is 0. The van der Waals surface area contributed by atoms with Crippen molar-refractivity contribution in [1.82, 2.24) is 19.5 Å². The largest absolute Gasteiger partial charge is 0.395 e. The number of piperidine rings is 1. The molecule has 7 heteroatoms. The Morgan fingerprint density at radius 1 is 1.26 bits per heavy atom. The zero-order valence-electron chi connectivity index (χ0n) is 15.2. The molecule has 0 saturated carbocycles. The Morgan fingerprint density at radius 3 is 3.00 bits per heavy atom. The fourth-order valence-electron chi connectivity index (χ4n) is 3.76. The van der Waals surface area contributed by atoms with Gasteiger partial charge in [0.1, 0.15) is 11.6 Å². The highest BCUT2D eigenvalue weighted by atomic mass is 19.1. The van der Waals surface area contributed by atoms with Crippen LogP contribution in [0, 0.1) is 11.7 Å². The highest BCUT2D eigenvalue weighted by Crippen LogP contribution is 2.25. The van der Waals surface area contributed by atoms with Gasteiger partial charge < -0.3 is 15.3 Å². The van der Waals surface area contributed by atoms with Gasteiger partial charge >= 0.3 is 0 Å². The quantitative estimate of drug-likeness (QED) is 0.699. The molecule has 0 unspecified atom stereocenters. The number of benzene rings is 1. The summed E-state index contributed by atoms with van der Waals surface area (Å²) < 4.78 is 16.0. The van der Waals surface area contributed by atoms with Crippen LogP contribution >= 0.6 is 0 Å². The molecule has 6 nitrogen and oxygen atoms in total. The normalized spacial score (nSPS) is 18.1. The van der Waals surface area contributed by atoms with Crippen molar-refractivity contribution in [1.29, 1.82) is 0 Å². The first-order valence-electron chi connectivity index (χ1n) is 9.41. The van der Waals surface area contributed by atoms with Gasteiger partial charge in [-0.25, -0.2) is 9.37 Å². The van der Waals surface area contributed by atoms with Gasteiger partial charge in [0.05, 0.1) is 18.5 Å². The van der Waals surface area contributed by atoms with Crippen LogP contribution < -0.4 is 5.32 Å². The van der Waals surface area contributed by atoms with Gasteiger partial charge in [-0.3, -0.25) is 0 Å². The lowest BCUT2D eigenvalue weighted by Crippen LogP contribution is -2.39. The lowest BCUT2D eigenvalue weighted by molar-refractivity contribution is 0.144. The van der Waals surface area contributed by atoms with Crippen LogP contribution in [0.25, 0.3) is 16.9 Å². The van der Waals surface area contributed by atoms with Crippen LogP contribution in [0.4, 0.5) is 10.2 Å². The monoisotopic (exact) mass is 369 g/mol. The van der Waals surface area contributed by atoms with Crippen LogP contribution in [0.15, 0.2) is 42.6 Å². The third kappa shape index (κ3) is 3.94. The first kappa shape index (κ1) is 17.9. The van der Waals surface area contributed by atoms with E-state index in [0.717, 1.165) is 44.8 Å². The molecule has 142 valence electrons. The number of hydrogen-bond acceptors (Lipinski definition) is 5. The second-order valence-electron chi connectivity index (χ2n) is 7.02. The topological polar surface area (TPSA) is 65.7 Å². The van der Waals surface area contributed by atoms with Crippen LogP contribution in [0.3, 0.4) is 0 Å². The van der Waals surface area contributed by atoms with E-state index in [-0.39, 0.29) is 12.4 Å². The molecule has 4 rings (SSSR count). The molecular formula is C20H24FN5O. The molecule has 1 aromatic carbocycles. The summed E-state index contributed by atoms with van der Waals surface area (Å²) in [5.74, 6) is 1.02. The SMILES string of the molecule is OCCN1CCC[C@H](CNc2cc(-c3ccccc3F)nc3ccnn23)C1. The van der Waals surface area contributed by atoms with Crippen LogP contribution in [-0.2, 0) is 0 Å². The number of halogens is 1. The molecule has 3 aromatic rings. The minimum absolute atomic E-state index is 0.199. The van der Waals surface area contributed by atoms with Crippen molar-refractivity contribution in [2.75, 3.05) is 38.1 Å². The van der Waals surface area contributed by atoms with Gasteiger partial charge in [0.25, 0.3) is 0 Å². The summed E-state index contributed by atoms with van der Waals surface area (Å²) >= 11 is 0. The van der Waals surface area contributed by atoms with Gasteiger partial charge in [-0.15, -0.1) is 0 Å². The molecule has 27 heavy (non-hydrogen) atoms. The Bertz CT molecular complexity index is 910. The molecule has 3 heterocycles. The summed E-state index contributed by atoms with van der Waals surface area (Å²) in [5.41, 5.74) is 1.76. The molecule has 0 spiro atoms. The molecule has 0 amide bonds. The van der Waals surface area contributed by atoms with Gasteiger partial charge in [0.15, 0.2) is 5.65 Å². The lowest BCUT2D eigenvalue weighted by Gasteiger charge is -2.32. The van der Waals surface area contributed by atoms with E-state index < -0.39 is 0 Å². The Labute approximate surface area is 157 Å². The average Bonchev–Trinajstić information content (AvgIpc) is 3.16. The maximum absolute atomic E-state index is 14.2. The maximum Gasteiger partial charge on any atom is 0.157 e. The molecule has 1 aliphatic rings. The number of β-amino-alcohol motifs (C(OH)–C–C–N with tert-alkyl or cyclic N) is 1. The van der Waals surface area contributed by atoms with Crippen LogP contribution in [0.1, 0.15) is 12.8 Å². The number of nitrogens with zero attached hydrogens (tertiary/aromatic N) is 4. The van der Waals surface area contributed by atoms with Crippen molar-refractivity contribution in [3.8, 4) is 11.3 Å². The Kier molecular flexibility index (Phi) is 5.31. The number of nitrogens with one attached hydrogen (secondary N) is 1. The third-order valence-electron chi connectivity index (χ3n) is 5.10. The summed E-state index contributed by atoms with van der Waals surface area (Å²) in [5, 5.41) is 17.0. The van der Waals surface area contributed by atoms with E-state index in [9.17, 15) is 4.39 Å². The number of aromatic nitrogens is 3. The number of anilines is 1. The predicted molar refractivity (Wildman–Crippen MR) is 103 cm³/mol. The van der Waals surface area contributed by atoms with E-state index >= 15 is 0 Å². The van der Waals surface area contributed by atoms with E-state index in [2.05, 4.69) is 20.3 Å². The number of fused-ring (bicyclic) bond motifs is 1. The summed E-state index contributed by atoms with van der Waals surface area (Å²) in [6.07, 6.45) is 3.99. The maximum atomic E-state index is 14.2. The van der Waals surface area contributed by atoms with E-state index in [0.29, 0.717) is 22.8 Å². The molecule has 1 fully saturated rings. The first-order chi connectivity index (χ1) is 13.2. The summed E-state index contributed by atoms with van der Waals surface area (Å²) in [6, 6.07) is 10.3. The van der Waals surface area contributed by atoms with Crippen molar-refractivity contribution in [2.24, 2.45) is 5.92 Å². The van der Waals surface area contributed by atoms with Crippen LogP contribution in [0.5, 0.6) is 0 Å². The molecule has 0 bridgehead atoms. The number of rotatable bonds is 6. The van der Waals surface area contributed by atoms with Crippen molar-refractivity contribution < 1.29 is 9.50 Å². The molecule has 0 radical (unpaired) electrons. The number of aliphatic hydroxyl groups excluding tert-OH is 1. The average molecular weight is 369 g/mol. The lowest BCUT2D eigenvalue weighted by atomic mass is 9.98. The molecule has 1 saturated heterocycles. The van der Waals surface area contributed by atoms with E-state index in [1.807, 2.05) is 18.2 Å². The smallest absolute Gasteiger partial charge is 0.157 e. The summed E-state index contributed by atoms with van der Waals surface area (Å²) in [4.78, 5) is 6.84. The van der Waals surface area contributed by atoms with Crippen molar-refractivity contribution in [3.05, 3.63) is 48.4 Å². The second-order valence-corrected chi connectivity index (χ2v) is 7.02. The predicted octanol–water partition coefficient (Wildman–Crippen LogP) is 2.65. The molecule has 0 aliphatic carbocycles. The molecule has 2 aromatic heterocycles. The van der Waals surface area contributed by atoms with Crippen molar-refractivity contribution >= 4 is 11.5 Å². The Hall–Kier alpha value is -2.51. The molecule has 1 aliphatic heterocycles. The Morgan fingerprint density at radius 2 is 2.15 bits per heavy atom. The van der Waals surface area contributed by atoms with Gasteiger partial charge in [0, 0.05) is 37.3 Å². The third-order valence-corrected chi connectivity index (χ3v) is 5.10. The molecular weight excluding hydrogens is 345 g/mol. The van der Waals surface area contributed by atoms with Gasteiger partial charge in [-0.05, 0) is 37.4 Å². The van der Waals surface area contributed by atoms with E-state index in [4.69, 9.17) is 5.11 Å². The van der Waals surface area contributed by atoms with Gasteiger partial charge in [-0.2, -0.15) is 9.61 Å². The van der Waals surface area contributed by atoms with Gasteiger partial charge in [0.2, 0.25) is 0 Å². The van der Waals surface area contributed by atoms with Gasteiger partial charge in [-0.1, -0.05) is 12.1 Å². The van der Waals surface area contributed by atoms with E-state index in [1.54, 1.807) is 22.8 Å². The van der Waals surface area contributed by atoms with Crippen LogP contribution in [0.2, 0.25) is 0 Å². The highest BCUT2D eigenvalue weighted by molar-refractivity contribution is 5.66. The minimum atomic E-state index is -0.285.